The van der Waals surface area contributed by atoms with Crippen LogP contribution in [0.15, 0.2) is 24.3 Å². The Kier molecular flexibility index (Phi) is 5.54. The Hall–Kier alpha value is -2.15. The maximum absolute atomic E-state index is 13.5. The number of halogens is 1. The third kappa shape index (κ3) is 4.19. The zero-order chi connectivity index (χ0) is 17.0. The van der Waals surface area contributed by atoms with Crippen molar-refractivity contribution in [1.29, 1.82) is 5.26 Å². The molecule has 0 atom stereocenters. The number of amides is 1. The first kappa shape index (κ1) is 17.2. The maximum atomic E-state index is 13.5. The molecule has 1 saturated heterocycles. The number of allylic oxidation sites excluding steroid dienone is 1. The Bertz CT molecular complexity index is 650. The van der Waals surface area contributed by atoms with Gasteiger partial charge in [0.1, 0.15) is 5.82 Å². The molecule has 1 aliphatic rings. The molecular formula is C19H23FN2O. The Labute approximate surface area is 137 Å². The number of hydrogen-bond donors (Lipinski definition) is 0. The summed E-state index contributed by atoms with van der Waals surface area (Å²) in [4.78, 5) is 14.3. The SMILES string of the molecule is Cc1cc(/C(=C/C(=O)N2CCC(C#N)CC2)C(C)C)ccc1F. The van der Waals surface area contributed by atoms with Crippen LogP contribution in [0.2, 0.25) is 0 Å². The average Bonchev–Trinajstić information content (AvgIpc) is 2.55. The third-order valence-corrected chi connectivity index (χ3v) is 4.38. The number of carbonyl (C=O) groups excluding carboxylic acids is 1. The lowest BCUT2D eigenvalue weighted by Crippen LogP contribution is -2.37. The summed E-state index contributed by atoms with van der Waals surface area (Å²) in [7, 11) is 0. The predicted octanol–water partition coefficient (Wildman–Crippen LogP) is 3.94. The van der Waals surface area contributed by atoms with Gasteiger partial charge in [0.05, 0.1) is 6.07 Å². The molecule has 0 unspecified atom stereocenters. The van der Waals surface area contributed by atoms with E-state index in [1.807, 2.05) is 13.8 Å². The molecule has 0 N–H and O–H groups in total. The molecule has 0 aliphatic carbocycles. The fraction of sp³-hybridized carbons (Fsp3) is 0.474. The fourth-order valence-corrected chi connectivity index (χ4v) is 2.86. The second-order valence-electron chi connectivity index (χ2n) is 6.45. The summed E-state index contributed by atoms with van der Waals surface area (Å²) in [5, 5.41) is 8.94. The van der Waals surface area contributed by atoms with E-state index in [1.165, 1.54) is 6.07 Å². The normalized spacial score (nSPS) is 16.5. The lowest BCUT2D eigenvalue weighted by atomic mass is 9.93. The number of likely N-dealkylation sites (tertiary alicyclic amines) is 1. The van der Waals surface area contributed by atoms with E-state index in [2.05, 4.69) is 6.07 Å². The Morgan fingerprint density at radius 2 is 2.04 bits per heavy atom. The lowest BCUT2D eigenvalue weighted by Gasteiger charge is -2.28. The molecule has 3 nitrogen and oxygen atoms in total. The van der Waals surface area contributed by atoms with Crippen molar-refractivity contribution >= 4 is 11.5 Å². The van der Waals surface area contributed by atoms with Crippen LogP contribution >= 0.6 is 0 Å². The summed E-state index contributed by atoms with van der Waals surface area (Å²) in [6.45, 7) is 7.04. The number of carbonyl (C=O) groups is 1. The van der Waals surface area contributed by atoms with Crippen molar-refractivity contribution in [3.63, 3.8) is 0 Å². The molecule has 1 aliphatic heterocycles. The molecule has 4 heteroatoms. The number of nitrogens with zero attached hydrogens (tertiary/aromatic N) is 2. The van der Waals surface area contributed by atoms with E-state index < -0.39 is 0 Å². The van der Waals surface area contributed by atoms with E-state index in [-0.39, 0.29) is 23.6 Å². The number of hydrogen-bond acceptors (Lipinski definition) is 2. The molecule has 1 fully saturated rings. The maximum Gasteiger partial charge on any atom is 0.246 e. The van der Waals surface area contributed by atoms with Crippen LogP contribution in [0.1, 0.15) is 37.8 Å². The first-order chi connectivity index (χ1) is 10.9. The van der Waals surface area contributed by atoms with Gasteiger partial charge in [0.2, 0.25) is 5.91 Å². The van der Waals surface area contributed by atoms with E-state index in [1.54, 1.807) is 30.0 Å². The second-order valence-corrected chi connectivity index (χ2v) is 6.45. The summed E-state index contributed by atoms with van der Waals surface area (Å²) in [6, 6.07) is 7.23. The van der Waals surface area contributed by atoms with Gasteiger partial charge < -0.3 is 4.90 Å². The van der Waals surface area contributed by atoms with Crippen LogP contribution in [0.4, 0.5) is 4.39 Å². The van der Waals surface area contributed by atoms with Crippen LogP contribution in [0.3, 0.4) is 0 Å². The van der Waals surface area contributed by atoms with Gasteiger partial charge in [0.15, 0.2) is 0 Å². The van der Waals surface area contributed by atoms with Crippen LogP contribution in [-0.2, 0) is 4.79 Å². The molecule has 1 aromatic rings. The first-order valence-corrected chi connectivity index (χ1v) is 8.09. The highest BCUT2D eigenvalue weighted by molar-refractivity contribution is 5.95. The zero-order valence-corrected chi connectivity index (χ0v) is 14.0. The van der Waals surface area contributed by atoms with E-state index in [9.17, 15) is 9.18 Å². The van der Waals surface area contributed by atoms with Crippen molar-refractivity contribution in [3.8, 4) is 6.07 Å². The van der Waals surface area contributed by atoms with Gasteiger partial charge in [-0.15, -0.1) is 0 Å². The molecule has 1 aromatic carbocycles. The Morgan fingerprint density at radius 3 is 2.57 bits per heavy atom. The molecular weight excluding hydrogens is 291 g/mol. The molecule has 0 bridgehead atoms. The molecule has 2 rings (SSSR count). The van der Waals surface area contributed by atoms with Crippen molar-refractivity contribution in [2.75, 3.05) is 13.1 Å². The van der Waals surface area contributed by atoms with E-state index >= 15 is 0 Å². The molecule has 0 spiro atoms. The summed E-state index contributed by atoms with van der Waals surface area (Å²) < 4.78 is 13.5. The van der Waals surface area contributed by atoms with Crippen molar-refractivity contribution in [3.05, 3.63) is 41.2 Å². The number of nitriles is 1. The fourth-order valence-electron chi connectivity index (χ4n) is 2.86. The average molecular weight is 314 g/mol. The summed E-state index contributed by atoms with van der Waals surface area (Å²) in [6.07, 6.45) is 3.15. The van der Waals surface area contributed by atoms with Gasteiger partial charge in [-0.2, -0.15) is 5.26 Å². The van der Waals surface area contributed by atoms with Gasteiger partial charge in [0, 0.05) is 25.1 Å². The smallest absolute Gasteiger partial charge is 0.246 e. The lowest BCUT2D eigenvalue weighted by molar-refractivity contribution is -0.127. The summed E-state index contributed by atoms with van der Waals surface area (Å²) in [5.74, 6) is -0.0263. The molecule has 1 amide bonds. The van der Waals surface area contributed by atoms with E-state index in [4.69, 9.17) is 5.26 Å². The molecule has 0 radical (unpaired) electrons. The predicted molar refractivity (Wildman–Crippen MR) is 88.9 cm³/mol. The monoisotopic (exact) mass is 314 g/mol. The largest absolute Gasteiger partial charge is 0.339 e. The van der Waals surface area contributed by atoms with Gasteiger partial charge in [0.25, 0.3) is 0 Å². The standard InChI is InChI=1S/C19H23FN2O/c1-13(2)17(16-4-5-18(20)14(3)10-16)11-19(23)22-8-6-15(12-21)7-9-22/h4-5,10-11,13,15H,6-9H2,1-3H3/b17-11+. The van der Waals surface area contributed by atoms with Crippen LogP contribution in [0, 0.1) is 35.9 Å². The quantitative estimate of drug-likeness (QED) is 0.793. The van der Waals surface area contributed by atoms with Crippen LogP contribution in [0.25, 0.3) is 5.57 Å². The van der Waals surface area contributed by atoms with Crippen LogP contribution in [0.5, 0.6) is 0 Å². The summed E-state index contributed by atoms with van der Waals surface area (Å²) >= 11 is 0. The zero-order valence-electron chi connectivity index (χ0n) is 14.0. The Morgan fingerprint density at radius 1 is 1.39 bits per heavy atom. The van der Waals surface area contributed by atoms with Gasteiger partial charge in [-0.25, -0.2) is 4.39 Å². The highest BCUT2D eigenvalue weighted by Crippen LogP contribution is 2.26. The highest BCUT2D eigenvalue weighted by Gasteiger charge is 2.22. The Balaban J connectivity index is 2.20. The van der Waals surface area contributed by atoms with Crippen molar-refractivity contribution < 1.29 is 9.18 Å². The van der Waals surface area contributed by atoms with Gasteiger partial charge in [-0.3, -0.25) is 4.79 Å². The van der Waals surface area contributed by atoms with E-state index in [0.29, 0.717) is 18.7 Å². The number of rotatable bonds is 3. The molecule has 1 heterocycles. The molecule has 122 valence electrons. The second kappa shape index (κ2) is 7.41. The minimum absolute atomic E-state index is 0.0212. The van der Waals surface area contributed by atoms with Crippen LogP contribution < -0.4 is 0 Å². The number of piperidine rings is 1. The van der Waals surface area contributed by atoms with Crippen LogP contribution in [-0.4, -0.2) is 23.9 Å². The van der Waals surface area contributed by atoms with Gasteiger partial charge in [-0.1, -0.05) is 19.9 Å². The minimum Gasteiger partial charge on any atom is -0.339 e. The van der Waals surface area contributed by atoms with E-state index in [0.717, 1.165) is 24.0 Å². The van der Waals surface area contributed by atoms with Crippen molar-refractivity contribution in [1.82, 2.24) is 4.90 Å². The van der Waals surface area contributed by atoms with Gasteiger partial charge in [-0.05, 0) is 54.5 Å². The minimum atomic E-state index is -0.234. The third-order valence-electron chi connectivity index (χ3n) is 4.38. The molecule has 0 saturated carbocycles. The number of aryl methyl sites for hydroxylation is 1. The topological polar surface area (TPSA) is 44.1 Å². The highest BCUT2D eigenvalue weighted by atomic mass is 19.1. The van der Waals surface area contributed by atoms with Crippen molar-refractivity contribution in [2.45, 2.75) is 33.6 Å². The molecule has 0 aromatic heterocycles. The number of benzene rings is 1. The molecule has 23 heavy (non-hydrogen) atoms. The first-order valence-electron chi connectivity index (χ1n) is 8.09. The van der Waals surface area contributed by atoms with Crippen molar-refractivity contribution in [2.24, 2.45) is 11.8 Å². The summed E-state index contributed by atoms with van der Waals surface area (Å²) in [5.41, 5.74) is 2.39. The van der Waals surface area contributed by atoms with Gasteiger partial charge >= 0.3 is 0 Å².